The number of nitrogens with two attached hydrogens (primary N) is 1. The second-order valence-corrected chi connectivity index (χ2v) is 8.36. The molecule has 0 radical (unpaired) electrons. The predicted octanol–water partition coefficient (Wildman–Crippen LogP) is 4.16. The first-order valence-electron chi connectivity index (χ1n) is 11.1. The molecule has 3 N–H and O–H groups in total. The van der Waals surface area contributed by atoms with E-state index in [0.29, 0.717) is 12.5 Å². The van der Waals surface area contributed by atoms with Gasteiger partial charge in [0, 0.05) is 23.9 Å². The second kappa shape index (κ2) is 10.3. The van der Waals surface area contributed by atoms with Crippen LogP contribution in [0.5, 0.6) is 0 Å². The van der Waals surface area contributed by atoms with Crippen LogP contribution in [-0.2, 0) is 4.79 Å². The maximum atomic E-state index is 12.9. The van der Waals surface area contributed by atoms with Gasteiger partial charge in [-0.3, -0.25) is 4.79 Å². The summed E-state index contributed by atoms with van der Waals surface area (Å²) in [4.78, 5) is 21.9. The molecule has 1 aliphatic rings. The predicted molar refractivity (Wildman–Crippen MR) is 123 cm³/mol. The number of carbonyl (C=O) groups excluding carboxylic acids is 1. The maximum Gasteiger partial charge on any atom is 0.223 e. The van der Waals surface area contributed by atoms with Crippen molar-refractivity contribution in [2.24, 2.45) is 17.6 Å². The van der Waals surface area contributed by atoms with Gasteiger partial charge in [0.15, 0.2) is 0 Å². The monoisotopic (exact) mass is 414 g/mol. The van der Waals surface area contributed by atoms with Gasteiger partial charge in [0.05, 0.1) is 11.4 Å². The fourth-order valence-electron chi connectivity index (χ4n) is 4.42. The molecular weight excluding hydrogens is 384 g/mol. The molecule has 1 saturated carbocycles. The molecule has 1 aliphatic carbocycles. The van der Waals surface area contributed by atoms with Crippen LogP contribution < -0.4 is 11.1 Å². The van der Waals surface area contributed by atoms with Crippen molar-refractivity contribution in [3.63, 3.8) is 0 Å². The third kappa shape index (κ3) is 5.36. The van der Waals surface area contributed by atoms with Crippen molar-refractivity contribution in [2.75, 3.05) is 13.1 Å². The molecule has 1 aromatic heterocycles. The molecule has 4 rings (SSSR count). The Morgan fingerprint density at radius 2 is 1.65 bits per heavy atom. The lowest BCUT2D eigenvalue weighted by atomic mass is 9.81. The fourth-order valence-corrected chi connectivity index (χ4v) is 4.42. The Hall–Kier alpha value is -3.05. The number of nitrogens with one attached hydrogen (secondary N) is 1. The summed E-state index contributed by atoms with van der Waals surface area (Å²) in [6.45, 7) is 1.24. The first-order valence-corrected chi connectivity index (χ1v) is 11.1. The van der Waals surface area contributed by atoms with Gasteiger partial charge in [0.25, 0.3) is 0 Å². The average molecular weight is 415 g/mol. The smallest absolute Gasteiger partial charge is 0.223 e. The van der Waals surface area contributed by atoms with Crippen molar-refractivity contribution in [1.29, 1.82) is 0 Å². The van der Waals surface area contributed by atoms with Gasteiger partial charge in [-0.15, -0.1) is 0 Å². The fraction of sp³-hybridized carbons (Fsp3) is 0.346. The number of hydrogen-bond acceptors (Lipinski definition) is 4. The Balaban J connectivity index is 1.52. The van der Waals surface area contributed by atoms with Gasteiger partial charge >= 0.3 is 0 Å². The summed E-state index contributed by atoms with van der Waals surface area (Å²) < 4.78 is 0. The van der Waals surface area contributed by atoms with Crippen LogP contribution in [0.3, 0.4) is 0 Å². The molecule has 1 amide bonds. The molecule has 5 nitrogen and oxygen atoms in total. The van der Waals surface area contributed by atoms with Crippen molar-refractivity contribution < 1.29 is 4.79 Å². The van der Waals surface area contributed by atoms with E-state index < -0.39 is 0 Å². The van der Waals surface area contributed by atoms with Crippen LogP contribution in [0.1, 0.15) is 42.9 Å². The van der Waals surface area contributed by atoms with Crippen molar-refractivity contribution in [2.45, 2.75) is 31.6 Å². The van der Waals surface area contributed by atoms with E-state index >= 15 is 0 Å². The molecule has 0 spiro atoms. The minimum Gasteiger partial charge on any atom is -0.355 e. The lowest BCUT2D eigenvalue weighted by molar-refractivity contribution is -0.126. The minimum atomic E-state index is -0.0315. The molecule has 1 fully saturated rings. The van der Waals surface area contributed by atoms with Crippen molar-refractivity contribution in [3.05, 3.63) is 84.3 Å². The molecule has 0 saturated heterocycles. The highest BCUT2D eigenvalue weighted by Gasteiger charge is 2.26. The first-order chi connectivity index (χ1) is 15.2. The average Bonchev–Trinajstić information content (AvgIpc) is 2.85. The Kier molecular flexibility index (Phi) is 7.05. The molecule has 160 valence electrons. The Labute approximate surface area is 184 Å². The third-order valence-electron chi connectivity index (χ3n) is 6.35. The summed E-state index contributed by atoms with van der Waals surface area (Å²) in [6.07, 6.45) is 5.56. The van der Waals surface area contributed by atoms with Crippen molar-refractivity contribution >= 4 is 5.91 Å². The van der Waals surface area contributed by atoms with E-state index in [0.717, 1.165) is 54.7 Å². The summed E-state index contributed by atoms with van der Waals surface area (Å²) in [6, 6.07) is 22.4. The van der Waals surface area contributed by atoms with Crippen molar-refractivity contribution in [1.82, 2.24) is 15.3 Å². The number of benzene rings is 2. The zero-order valence-corrected chi connectivity index (χ0v) is 17.8. The number of rotatable bonds is 7. The number of aromatic nitrogens is 2. The summed E-state index contributed by atoms with van der Waals surface area (Å²) in [5.74, 6) is 0.771. The van der Waals surface area contributed by atoms with Crippen LogP contribution in [0.4, 0.5) is 0 Å². The summed E-state index contributed by atoms with van der Waals surface area (Å²) >= 11 is 0. The molecule has 0 aliphatic heterocycles. The van der Waals surface area contributed by atoms with Crippen LogP contribution in [0.2, 0.25) is 0 Å². The summed E-state index contributed by atoms with van der Waals surface area (Å²) in [7, 11) is 0. The van der Waals surface area contributed by atoms with Crippen LogP contribution in [0.25, 0.3) is 11.3 Å². The molecule has 3 aromatic rings. The SMILES string of the molecule is NCC1CCC(C(=O)NCC(c2ccccc2)c2cc(-c3ccccc3)ncn2)CC1. The van der Waals surface area contributed by atoms with Crippen LogP contribution in [-0.4, -0.2) is 29.0 Å². The zero-order valence-electron chi connectivity index (χ0n) is 17.8. The highest BCUT2D eigenvalue weighted by molar-refractivity contribution is 5.78. The molecule has 1 atom stereocenters. The van der Waals surface area contributed by atoms with Gasteiger partial charge in [0.2, 0.25) is 5.91 Å². The lowest BCUT2D eigenvalue weighted by Gasteiger charge is -2.27. The van der Waals surface area contributed by atoms with Gasteiger partial charge in [-0.1, -0.05) is 60.7 Å². The van der Waals surface area contributed by atoms with E-state index in [2.05, 4.69) is 27.4 Å². The summed E-state index contributed by atoms with van der Waals surface area (Å²) in [5.41, 5.74) is 9.78. The van der Waals surface area contributed by atoms with Crippen LogP contribution in [0, 0.1) is 11.8 Å². The van der Waals surface area contributed by atoms with Gasteiger partial charge in [-0.05, 0) is 49.8 Å². The topological polar surface area (TPSA) is 80.9 Å². The zero-order chi connectivity index (χ0) is 21.5. The molecule has 1 unspecified atom stereocenters. The quantitative estimate of drug-likeness (QED) is 0.608. The van der Waals surface area contributed by atoms with Gasteiger partial charge in [0.1, 0.15) is 6.33 Å². The third-order valence-corrected chi connectivity index (χ3v) is 6.35. The minimum absolute atomic E-state index is 0.0315. The van der Waals surface area contributed by atoms with E-state index in [1.165, 1.54) is 0 Å². The highest BCUT2D eigenvalue weighted by Crippen LogP contribution is 2.29. The van der Waals surface area contributed by atoms with Crippen LogP contribution >= 0.6 is 0 Å². The highest BCUT2D eigenvalue weighted by atomic mass is 16.1. The van der Waals surface area contributed by atoms with E-state index in [9.17, 15) is 4.79 Å². The molecule has 0 bridgehead atoms. The molecular formula is C26H30N4O. The van der Waals surface area contributed by atoms with E-state index in [1.54, 1.807) is 6.33 Å². The Morgan fingerprint density at radius 3 is 2.32 bits per heavy atom. The second-order valence-electron chi connectivity index (χ2n) is 8.36. The number of nitrogens with zero attached hydrogens (tertiary/aromatic N) is 2. The first kappa shape index (κ1) is 21.2. The standard InChI is InChI=1S/C26H30N4O/c27-16-19-11-13-22(14-12-19)26(31)28-17-23(20-7-3-1-4-8-20)25-15-24(29-18-30-25)21-9-5-2-6-10-21/h1-10,15,18-19,22-23H,11-14,16-17,27H2,(H,28,31). The Morgan fingerprint density at radius 1 is 0.968 bits per heavy atom. The largest absolute Gasteiger partial charge is 0.355 e. The van der Waals surface area contributed by atoms with Gasteiger partial charge in [-0.2, -0.15) is 0 Å². The van der Waals surface area contributed by atoms with Crippen molar-refractivity contribution in [3.8, 4) is 11.3 Å². The number of hydrogen-bond donors (Lipinski definition) is 2. The van der Waals surface area contributed by atoms with Gasteiger partial charge < -0.3 is 11.1 Å². The van der Waals surface area contributed by atoms with E-state index in [-0.39, 0.29) is 17.7 Å². The molecule has 31 heavy (non-hydrogen) atoms. The number of carbonyl (C=O) groups is 1. The van der Waals surface area contributed by atoms with Crippen LogP contribution in [0.15, 0.2) is 73.1 Å². The molecule has 2 aromatic carbocycles. The maximum absolute atomic E-state index is 12.9. The van der Waals surface area contributed by atoms with E-state index in [1.807, 2.05) is 54.6 Å². The number of amides is 1. The Bertz CT molecular complexity index is 969. The summed E-state index contributed by atoms with van der Waals surface area (Å²) in [5, 5.41) is 3.21. The van der Waals surface area contributed by atoms with E-state index in [4.69, 9.17) is 5.73 Å². The normalized spacial score (nSPS) is 19.5. The van der Waals surface area contributed by atoms with Gasteiger partial charge in [-0.25, -0.2) is 9.97 Å². The molecule has 5 heteroatoms. The molecule has 1 heterocycles. The lowest BCUT2D eigenvalue weighted by Crippen LogP contribution is -2.36.